The minimum absolute atomic E-state index is 0.149. The summed E-state index contributed by atoms with van der Waals surface area (Å²) in [7, 11) is 0. The number of hydrogen-bond acceptors (Lipinski definition) is 6. The summed E-state index contributed by atoms with van der Waals surface area (Å²) in [6.45, 7) is 14.5. The lowest BCUT2D eigenvalue weighted by Gasteiger charge is -2.57. The van der Waals surface area contributed by atoms with Crippen molar-refractivity contribution in [2.24, 2.45) is 53.3 Å². The van der Waals surface area contributed by atoms with Gasteiger partial charge in [0.2, 0.25) is 0 Å². The summed E-state index contributed by atoms with van der Waals surface area (Å²) in [5.74, 6) is 9.27. The van der Waals surface area contributed by atoms with E-state index in [1.54, 1.807) is 0 Å². The lowest BCUT2D eigenvalue weighted by molar-refractivity contribution is -0.00640. The van der Waals surface area contributed by atoms with Gasteiger partial charge in [0, 0.05) is 92.3 Å². The van der Waals surface area contributed by atoms with Crippen molar-refractivity contribution in [1.82, 2.24) is 14.7 Å². The average molecular weight is 892 g/mol. The summed E-state index contributed by atoms with van der Waals surface area (Å²) in [4.78, 5) is 7.87. The molecule has 0 radical (unpaired) electrons. The minimum atomic E-state index is 0.149. The van der Waals surface area contributed by atoms with E-state index in [0.717, 1.165) is 129 Å². The van der Waals surface area contributed by atoms with Crippen molar-refractivity contribution >= 4 is 0 Å². The fraction of sp³-hybridized carbons (Fsp3) is 0.700. The molecule has 16 rings (SSSR count). The number of phenols is 3. The first kappa shape index (κ1) is 43.0. The average Bonchev–Trinajstić information content (AvgIpc) is 3.33. The van der Waals surface area contributed by atoms with E-state index in [1.165, 1.54) is 149 Å². The van der Waals surface area contributed by atoms with Crippen LogP contribution in [-0.2, 0) is 35.9 Å². The maximum Gasteiger partial charge on any atom is 0.123 e. The monoisotopic (exact) mass is 892 g/mol. The molecule has 13 fully saturated rings. The predicted octanol–water partition coefficient (Wildman–Crippen LogP) is 12.0. The fourth-order valence-corrected chi connectivity index (χ4v) is 19.8. The molecule has 3 N–H and O–H groups in total. The molecule has 13 aliphatic rings. The van der Waals surface area contributed by atoms with Crippen molar-refractivity contribution in [2.75, 3.05) is 39.3 Å². The van der Waals surface area contributed by atoms with Gasteiger partial charge in [0.05, 0.1) is 0 Å². The van der Waals surface area contributed by atoms with E-state index in [-0.39, 0.29) is 16.2 Å². The van der Waals surface area contributed by atoms with Crippen molar-refractivity contribution in [3.63, 3.8) is 0 Å². The number of nitrogens with zero attached hydrogens (tertiary/aromatic N) is 3. The van der Waals surface area contributed by atoms with Gasteiger partial charge in [0.1, 0.15) is 17.2 Å². The van der Waals surface area contributed by atoms with Crippen LogP contribution in [0.1, 0.15) is 166 Å². The van der Waals surface area contributed by atoms with Gasteiger partial charge in [-0.3, -0.25) is 14.7 Å². The minimum Gasteiger partial charge on any atom is -0.507 e. The van der Waals surface area contributed by atoms with Gasteiger partial charge in [0.25, 0.3) is 0 Å². The SMILES string of the molecule is Cc1cc(CN2CCN(Cc3cc(C)cc(C45CC6CC(CC(C6)C4)C5)c3O)CCN(Cc3cc(C)cc(C45CC6CC(CC(C6)C4)C5)c3O)CC2)c(O)c(C23CC4CC(CC(C4)C2)C3)c1. The molecule has 354 valence electrons. The molecule has 0 spiro atoms. The molecule has 6 nitrogen and oxygen atoms in total. The van der Waals surface area contributed by atoms with E-state index in [9.17, 15) is 15.3 Å². The second kappa shape index (κ2) is 16.0. The Morgan fingerprint density at radius 2 is 0.545 bits per heavy atom. The summed E-state index contributed by atoms with van der Waals surface area (Å²) >= 11 is 0. The molecule has 12 bridgehead atoms. The third-order valence-corrected chi connectivity index (χ3v) is 21.2. The van der Waals surface area contributed by atoms with Crippen LogP contribution in [0, 0.1) is 74.0 Å². The van der Waals surface area contributed by atoms with Gasteiger partial charge in [0.15, 0.2) is 0 Å². The molecule has 0 amide bonds. The molecule has 3 aromatic rings. The van der Waals surface area contributed by atoms with E-state index >= 15 is 0 Å². The number of aromatic hydroxyl groups is 3. The van der Waals surface area contributed by atoms with Gasteiger partial charge in [-0.2, -0.15) is 0 Å². The largest absolute Gasteiger partial charge is 0.507 e. The van der Waals surface area contributed by atoms with Gasteiger partial charge in [-0.1, -0.05) is 53.1 Å². The molecular formula is C60H81N3O3. The van der Waals surface area contributed by atoms with E-state index < -0.39 is 0 Å². The first-order valence-corrected chi connectivity index (χ1v) is 27.5. The van der Waals surface area contributed by atoms with E-state index in [1.807, 2.05) is 0 Å². The molecule has 0 atom stereocenters. The molecule has 1 saturated heterocycles. The van der Waals surface area contributed by atoms with Crippen LogP contribution in [0.2, 0.25) is 0 Å². The van der Waals surface area contributed by atoms with Crippen molar-refractivity contribution in [2.45, 2.75) is 172 Å². The molecule has 12 aliphatic carbocycles. The van der Waals surface area contributed by atoms with Gasteiger partial charge >= 0.3 is 0 Å². The van der Waals surface area contributed by atoms with Crippen LogP contribution in [-0.4, -0.2) is 69.3 Å². The van der Waals surface area contributed by atoms with Gasteiger partial charge in [-0.25, -0.2) is 0 Å². The van der Waals surface area contributed by atoms with Crippen LogP contribution < -0.4 is 0 Å². The van der Waals surface area contributed by atoms with Crippen LogP contribution >= 0.6 is 0 Å². The summed E-state index contributed by atoms with van der Waals surface area (Å²) in [6, 6.07) is 14.0. The zero-order chi connectivity index (χ0) is 44.7. The Hall–Kier alpha value is -3.06. The highest BCUT2D eigenvalue weighted by molar-refractivity contribution is 5.51. The van der Waals surface area contributed by atoms with E-state index in [0.29, 0.717) is 17.2 Å². The first-order valence-electron chi connectivity index (χ1n) is 27.5. The van der Waals surface area contributed by atoms with Crippen molar-refractivity contribution < 1.29 is 15.3 Å². The normalized spacial score (nSPS) is 39.4. The number of benzene rings is 3. The second-order valence-corrected chi connectivity index (χ2v) is 26.4. The van der Waals surface area contributed by atoms with Crippen LogP contribution in [0.4, 0.5) is 0 Å². The van der Waals surface area contributed by atoms with Gasteiger partial charge in [-0.15, -0.1) is 0 Å². The molecule has 3 aromatic carbocycles. The Kier molecular flexibility index (Phi) is 10.4. The predicted molar refractivity (Wildman–Crippen MR) is 264 cm³/mol. The van der Waals surface area contributed by atoms with E-state index in [2.05, 4.69) is 71.9 Å². The van der Waals surface area contributed by atoms with Crippen LogP contribution in [0.3, 0.4) is 0 Å². The fourth-order valence-electron chi connectivity index (χ4n) is 19.8. The molecule has 1 heterocycles. The summed E-state index contributed by atoms with van der Waals surface area (Å²) < 4.78 is 0. The number of hydrogen-bond donors (Lipinski definition) is 3. The standard InChI is InChI=1S/C60H81N3O3/c1-37-10-49(55(64)52(13-37)58-25-40-16-41(26-58)18-42(17-40)27-58)34-61-4-6-62(35-50-11-38(2)14-53(56(50)65)59-28-43-19-44(29-59)21-45(20-43)30-59)8-9-63(7-5-61)36-51-12-39(3)15-54(57(51)66)60-31-46-22-47(32-60)24-48(23-46)33-60/h10-15,40-48,64-66H,4-9,16-36H2,1-3H3. The zero-order valence-corrected chi connectivity index (χ0v) is 40.9. The molecule has 6 heteroatoms. The van der Waals surface area contributed by atoms with Crippen LogP contribution in [0.15, 0.2) is 36.4 Å². The summed E-state index contributed by atoms with van der Waals surface area (Å²) in [5.41, 5.74) is 11.4. The Labute approximate surface area is 396 Å². The van der Waals surface area contributed by atoms with Gasteiger partial charge < -0.3 is 15.3 Å². The van der Waals surface area contributed by atoms with Crippen molar-refractivity contribution in [1.29, 1.82) is 0 Å². The topological polar surface area (TPSA) is 70.4 Å². The molecule has 1 aliphatic heterocycles. The summed E-state index contributed by atoms with van der Waals surface area (Å²) in [5, 5.41) is 37.3. The maximum absolute atomic E-state index is 12.4. The third kappa shape index (κ3) is 7.49. The van der Waals surface area contributed by atoms with Crippen LogP contribution in [0.25, 0.3) is 0 Å². The Balaban J connectivity index is 0.804. The van der Waals surface area contributed by atoms with Gasteiger partial charge in [-0.05, 0) is 206 Å². The number of phenolic OH excluding ortho intramolecular Hbond substituents is 3. The highest BCUT2D eigenvalue weighted by Crippen LogP contribution is 2.65. The molecule has 66 heavy (non-hydrogen) atoms. The molecule has 0 aromatic heterocycles. The Morgan fingerprint density at radius 1 is 0.348 bits per heavy atom. The second-order valence-electron chi connectivity index (χ2n) is 26.4. The molecule has 0 unspecified atom stereocenters. The van der Waals surface area contributed by atoms with Crippen LogP contribution in [0.5, 0.6) is 17.2 Å². The number of aryl methyl sites for hydroxylation is 3. The van der Waals surface area contributed by atoms with E-state index in [4.69, 9.17) is 0 Å². The lowest BCUT2D eigenvalue weighted by Crippen LogP contribution is -2.48. The highest BCUT2D eigenvalue weighted by atomic mass is 16.3. The highest BCUT2D eigenvalue weighted by Gasteiger charge is 2.55. The molecular weight excluding hydrogens is 811 g/mol. The smallest absolute Gasteiger partial charge is 0.123 e. The maximum atomic E-state index is 12.4. The number of rotatable bonds is 9. The van der Waals surface area contributed by atoms with Crippen molar-refractivity contribution in [3.05, 3.63) is 86.5 Å². The summed E-state index contributed by atoms with van der Waals surface area (Å²) in [6.07, 6.45) is 24.0. The lowest BCUT2D eigenvalue weighted by atomic mass is 9.48. The van der Waals surface area contributed by atoms with Crippen molar-refractivity contribution in [3.8, 4) is 17.2 Å². The molecule has 12 saturated carbocycles. The zero-order valence-electron chi connectivity index (χ0n) is 40.9. The Bertz CT molecular complexity index is 2000. The Morgan fingerprint density at radius 3 is 0.742 bits per heavy atom. The quantitative estimate of drug-likeness (QED) is 0.199. The first-order chi connectivity index (χ1) is 31.8. The third-order valence-electron chi connectivity index (χ3n) is 21.2.